The van der Waals surface area contributed by atoms with E-state index in [1.165, 1.54) is 5.56 Å². The fourth-order valence-corrected chi connectivity index (χ4v) is 3.52. The van der Waals surface area contributed by atoms with E-state index in [-0.39, 0.29) is 18.6 Å². The van der Waals surface area contributed by atoms with Crippen molar-refractivity contribution in [3.63, 3.8) is 0 Å². The van der Waals surface area contributed by atoms with Gasteiger partial charge in [0.25, 0.3) is 5.91 Å². The van der Waals surface area contributed by atoms with Gasteiger partial charge in [0.1, 0.15) is 35.6 Å². The third-order valence-electron chi connectivity index (χ3n) is 5.25. The minimum absolute atomic E-state index is 0.0328. The molecule has 0 bridgehead atoms. The summed E-state index contributed by atoms with van der Waals surface area (Å²) in [4.78, 5) is 15.0. The normalized spacial score (nSPS) is 14.5. The highest BCUT2D eigenvalue weighted by atomic mass is 16.6. The van der Waals surface area contributed by atoms with Crippen LogP contribution in [-0.2, 0) is 6.61 Å². The van der Waals surface area contributed by atoms with Crippen LogP contribution in [0.4, 0.5) is 0 Å². The third-order valence-corrected chi connectivity index (χ3v) is 5.25. The van der Waals surface area contributed by atoms with Crippen molar-refractivity contribution in [3.8, 4) is 11.5 Å². The Bertz CT molecular complexity index is 1010. The van der Waals surface area contributed by atoms with Crippen LogP contribution in [0.25, 0.3) is 0 Å². The molecule has 2 heterocycles. The van der Waals surface area contributed by atoms with Gasteiger partial charge in [0.2, 0.25) is 0 Å². The lowest BCUT2D eigenvalue weighted by Crippen LogP contribution is -2.41. The van der Waals surface area contributed by atoms with Gasteiger partial charge in [-0.2, -0.15) is 0 Å². The molecule has 7 heteroatoms. The number of hydrogen-bond acceptors (Lipinski definition) is 6. The molecule has 2 aromatic carbocycles. The molecular formula is C23H25N3O4. The van der Waals surface area contributed by atoms with Crippen LogP contribution in [0.15, 0.2) is 53.2 Å². The van der Waals surface area contributed by atoms with Crippen molar-refractivity contribution in [2.45, 2.75) is 39.4 Å². The molecule has 0 saturated carbocycles. The van der Waals surface area contributed by atoms with Crippen LogP contribution in [0.1, 0.15) is 40.2 Å². The number of rotatable bonds is 6. The second kappa shape index (κ2) is 8.98. The number of carbonyl (C=O) groups is 1. The lowest BCUT2D eigenvalue weighted by molar-refractivity contribution is 0.0591. The molecule has 30 heavy (non-hydrogen) atoms. The largest absolute Gasteiger partial charge is 0.490 e. The van der Waals surface area contributed by atoms with Gasteiger partial charge in [-0.25, -0.2) is 4.63 Å². The maximum atomic E-state index is 13.1. The van der Waals surface area contributed by atoms with Gasteiger partial charge in [0, 0.05) is 25.9 Å². The Kier molecular flexibility index (Phi) is 5.97. The SMILES string of the molecule is Cc1cccc(OC2CCN(C(=O)c3ccccc3OCc3nonc3C)CC2)c1. The van der Waals surface area contributed by atoms with E-state index in [9.17, 15) is 4.79 Å². The number of ether oxygens (including phenoxy) is 2. The molecule has 3 aromatic rings. The first-order valence-electron chi connectivity index (χ1n) is 10.1. The molecule has 156 valence electrons. The van der Waals surface area contributed by atoms with Crippen LogP contribution < -0.4 is 9.47 Å². The van der Waals surface area contributed by atoms with Crippen molar-refractivity contribution in [1.82, 2.24) is 15.2 Å². The molecule has 0 N–H and O–H groups in total. The zero-order valence-corrected chi connectivity index (χ0v) is 17.2. The van der Waals surface area contributed by atoms with E-state index in [1.807, 2.05) is 48.2 Å². The predicted octanol–water partition coefficient (Wildman–Crippen LogP) is 3.95. The molecule has 0 aliphatic carbocycles. The zero-order valence-electron chi connectivity index (χ0n) is 17.2. The first-order chi connectivity index (χ1) is 14.6. The topological polar surface area (TPSA) is 77.7 Å². The summed E-state index contributed by atoms with van der Waals surface area (Å²) in [5, 5.41) is 7.57. The fourth-order valence-electron chi connectivity index (χ4n) is 3.52. The van der Waals surface area contributed by atoms with E-state index in [2.05, 4.69) is 10.3 Å². The third kappa shape index (κ3) is 4.62. The average Bonchev–Trinajstić information content (AvgIpc) is 3.17. The highest BCUT2D eigenvalue weighted by molar-refractivity contribution is 5.97. The number of aryl methyl sites for hydroxylation is 2. The minimum atomic E-state index is -0.0328. The summed E-state index contributed by atoms with van der Waals surface area (Å²) in [5.74, 6) is 1.38. The van der Waals surface area contributed by atoms with Gasteiger partial charge in [0.05, 0.1) is 5.56 Å². The van der Waals surface area contributed by atoms with Crippen molar-refractivity contribution >= 4 is 5.91 Å². The van der Waals surface area contributed by atoms with Gasteiger partial charge in [-0.1, -0.05) is 34.6 Å². The lowest BCUT2D eigenvalue weighted by Gasteiger charge is -2.32. The molecule has 4 rings (SSSR count). The predicted molar refractivity (Wildman–Crippen MR) is 111 cm³/mol. The lowest BCUT2D eigenvalue weighted by atomic mass is 10.1. The Morgan fingerprint density at radius 3 is 2.63 bits per heavy atom. The zero-order chi connectivity index (χ0) is 20.9. The highest BCUT2D eigenvalue weighted by Crippen LogP contribution is 2.25. The summed E-state index contributed by atoms with van der Waals surface area (Å²) >= 11 is 0. The number of aromatic nitrogens is 2. The molecule has 7 nitrogen and oxygen atoms in total. The molecule has 1 amide bonds. The summed E-state index contributed by atoms with van der Waals surface area (Å²) in [7, 11) is 0. The second-order valence-electron chi connectivity index (χ2n) is 7.51. The number of para-hydroxylation sites is 1. The van der Waals surface area contributed by atoms with Gasteiger partial charge in [-0.15, -0.1) is 0 Å². The van der Waals surface area contributed by atoms with Crippen LogP contribution in [0.5, 0.6) is 11.5 Å². The number of benzene rings is 2. The van der Waals surface area contributed by atoms with Gasteiger partial charge >= 0.3 is 0 Å². The van der Waals surface area contributed by atoms with E-state index >= 15 is 0 Å². The Hall–Kier alpha value is -3.35. The van der Waals surface area contributed by atoms with Crippen LogP contribution >= 0.6 is 0 Å². The molecular weight excluding hydrogens is 382 g/mol. The number of nitrogens with zero attached hydrogens (tertiary/aromatic N) is 3. The highest BCUT2D eigenvalue weighted by Gasteiger charge is 2.26. The van der Waals surface area contributed by atoms with Crippen LogP contribution in [0.2, 0.25) is 0 Å². The average molecular weight is 407 g/mol. The standard InChI is InChI=1S/C23H25N3O4/c1-16-6-5-7-19(14-16)29-18-10-12-26(13-11-18)23(27)20-8-3-4-9-22(20)28-15-21-17(2)24-30-25-21/h3-9,14,18H,10-13,15H2,1-2H3. The van der Waals surface area contributed by atoms with Crippen LogP contribution in [0.3, 0.4) is 0 Å². The van der Waals surface area contributed by atoms with Crippen molar-refractivity contribution < 1.29 is 18.9 Å². The smallest absolute Gasteiger partial charge is 0.257 e. The summed E-state index contributed by atoms with van der Waals surface area (Å²) in [6, 6.07) is 15.3. The van der Waals surface area contributed by atoms with Crippen molar-refractivity contribution in [2.24, 2.45) is 0 Å². The molecule has 0 unspecified atom stereocenters. The first-order valence-corrected chi connectivity index (χ1v) is 10.1. The maximum Gasteiger partial charge on any atom is 0.257 e. The Balaban J connectivity index is 1.36. The number of carbonyl (C=O) groups excluding carboxylic acids is 1. The second-order valence-corrected chi connectivity index (χ2v) is 7.51. The molecule has 1 aromatic heterocycles. The van der Waals surface area contributed by atoms with E-state index in [1.54, 1.807) is 19.1 Å². The fraction of sp³-hybridized carbons (Fsp3) is 0.348. The first kappa shape index (κ1) is 19.9. The van der Waals surface area contributed by atoms with Crippen molar-refractivity contribution in [1.29, 1.82) is 0 Å². The van der Waals surface area contributed by atoms with Crippen molar-refractivity contribution in [2.75, 3.05) is 13.1 Å². The maximum absolute atomic E-state index is 13.1. The van der Waals surface area contributed by atoms with Gasteiger partial charge in [-0.05, 0) is 43.7 Å². The molecule has 1 fully saturated rings. The number of piperidine rings is 1. The van der Waals surface area contributed by atoms with E-state index in [4.69, 9.17) is 14.1 Å². The monoisotopic (exact) mass is 407 g/mol. The van der Waals surface area contributed by atoms with Crippen molar-refractivity contribution in [3.05, 3.63) is 71.0 Å². The molecule has 0 radical (unpaired) electrons. The molecule has 0 atom stereocenters. The number of hydrogen-bond donors (Lipinski definition) is 0. The quantitative estimate of drug-likeness (QED) is 0.616. The van der Waals surface area contributed by atoms with Crippen LogP contribution in [-0.4, -0.2) is 40.3 Å². The molecule has 0 spiro atoms. The number of amides is 1. The summed E-state index contributed by atoms with van der Waals surface area (Å²) in [5.41, 5.74) is 3.01. The minimum Gasteiger partial charge on any atom is -0.490 e. The van der Waals surface area contributed by atoms with E-state index < -0.39 is 0 Å². The van der Waals surface area contributed by atoms with Gasteiger partial charge < -0.3 is 14.4 Å². The van der Waals surface area contributed by atoms with Gasteiger partial charge in [-0.3, -0.25) is 4.79 Å². The van der Waals surface area contributed by atoms with E-state index in [0.29, 0.717) is 35.8 Å². The van der Waals surface area contributed by atoms with Gasteiger partial charge in [0.15, 0.2) is 0 Å². The Morgan fingerprint density at radius 1 is 1.10 bits per heavy atom. The summed E-state index contributed by atoms with van der Waals surface area (Å²) in [6.07, 6.45) is 1.71. The Labute approximate surface area is 175 Å². The summed E-state index contributed by atoms with van der Waals surface area (Å²) in [6.45, 7) is 5.35. The molecule has 1 saturated heterocycles. The molecule has 1 aliphatic heterocycles. The van der Waals surface area contributed by atoms with Crippen LogP contribution in [0, 0.1) is 13.8 Å². The molecule has 1 aliphatic rings. The Morgan fingerprint density at radius 2 is 1.90 bits per heavy atom. The van der Waals surface area contributed by atoms with E-state index in [0.717, 1.165) is 18.6 Å². The summed E-state index contributed by atoms with van der Waals surface area (Å²) < 4.78 is 16.6. The number of likely N-dealkylation sites (tertiary alicyclic amines) is 1.